The molecule has 0 saturated heterocycles. The highest BCUT2D eigenvalue weighted by Gasteiger charge is 2.17. The Bertz CT molecular complexity index is 446. The first-order valence-electron chi connectivity index (χ1n) is 9.30. The van der Waals surface area contributed by atoms with Crippen molar-refractivity contribution < 1.29 is 0 Å². The molecule has 0 radical (unpaired) electrons. The van der Waals surface area contributed by atoms with Gasteiger partial charge in [-0.2, -0.15) is 0 Å². The second kappa shape index (κ2) is 9.79. The Balaban J connectivity index is 2.57. The van der Waals surface area contributed by atoms with Crippen LogP contribution in [-0.2, 0) is 0 Å². The number of allylic oxidation sites excluding steroid dienone is 2. The number of aliphatic imine (C=N–C) groups is 1. The molecule has 0 fully saturated rings. The quantitative estimate of drug-likeness (QED) is 0.653. The van der Waals surface area contributed by atoms with Crippen molar-refractivity contribution >= 4 is 5.71 Å². The van der Waals surface area contributed by atoms with Gasteiger partial charge in [0, 0.05) is 24.6 Å². The monoisotopic (exact) mass is 319 g/mol. The number of hydrogen-bond donors (Lipinski definition) is 1. The van der Waals surface area contributed by atoms with Gasteiger partial charge in [-0.3, -0.25) is 4.99 Å². The fraction of sp³-hybridized carbons (Fsp3) is 0.750. The van der Waals surface area contributed by atoms with Gasteiger partial charge < -0.3 is 10.6 Å². The standard InChI is InChI=1S/C20H37N3/c1-7-17(10-9-15(3)4)16(5)11-18(21)13-22-19-12-20(8-2)23(6)14-19/h12-13,15-17H,7-11,14,21H2,1-6H3/b18-13-,22-19?. The summed E-state index contributed by atoms with van der Waals surface area (Å²) in [6.45, 7) is 12.3. The minimum Gasteiger partial charge on any atom is -0.401 e. The van der Waals surface area contributed by atoms with Crippen LogP contribution in [0.2, 0.25) is 0 Å². The van der Waals surface area contributed by atoms with Crippen LogP contribution in [0.25, 0.3) is 0 Å². The first-order chi connectivity index (χ1) is 10.9. The molecule has 2 atom stereocenters. The zero-order valence-electron chi connectivity index (χ0n) is 16.1. The molecule has 2 N–H and O–H groups in total. The van der Waals surface area contributed by atoms with Crippen LogP contribution >= 0.6 is 0 Å². The summed E-state index contributed by atoms with van der Waals surface area (Å²) in [6, 6.07) is 0. The largest absolute Gasteiger partial charge is 0.401 e. The molecule has 0 aliphatic carbocycles. The summed E-state index contributed by atoms with van der Waals surface area (Å²) in [5, 5.41) is 0. The summed E-state index contributed by atoms with van der Waals surface area (Å²) in [6.07, 6.45) is 9.93. The van der Waals surface area contributed by atoms with Gasteiger partial charge in [0.2, 0.25) is 0 Å². The first kappa shape index (κ1) is 19.8. The molecule has 3 heteroatoms. The Hall–Kier alpha value is -1.25. The van der Waals surface area contributed by atoms with E-state index in [0.717, 1.165) is 42.6 Å². The van der Waals surface area contributed by atoms with Crippen molar-refractivity contribution in [2.75, 3.05) is 13.6 Å². The topological polar surface area (TPSA) is 41.6 Å². The minimum atomic E-state index is 0.628. The summed E-state index contributed by atoms with van der Waals surface area (Å²) in [5.74, 6) is 2.18. The molecule has 132 valence electrons. The van der Waals surface area contributed by atoms with Gasteiger partial charge >= 0.3 is 0 Å². The van der Waals surface area contributed by atoms with Crippen molar-refractivity contribution in [1.29, 1.82) is 0 Å². The molecule has 1 aliphatic heterocycles. The smallest absolute Gasteiger partial charge is 0.0614 e. The lowest BCUT2D eigenvalue weighted by atomic mass is 9.83. The second-order valence-electron chi connectivity index (χ2n) is 7.49. The van der Waals surface area contributed by atoms with Gasteiger partial charge in [-0.05, 0) is 43.1 Å². The van der Waals surface area contributed by atoms with Crippen LogP contribution in [0.1, 0.15) is 66.7 Å². The fourth-order valence-corrected chi connectivity index (χ4v) is 3.34. The Labute approximate surface area is 143 Å². The van der Waals surface area contributed by atoms with Crippen LogP contribution in [0.3, 0.4) is 0 Å². The van der Waals surface area contributed by atoms with Crippen LogP contribution in [0.15, 0.2) is 28.7 Å². The lowest BCUT2D eigenvalue weighted by Gasteiger charge is -2.23. The van der Waals surface area contributed by atoms with Crippen LogP contribution in [0, 0.1) is 17.8 Å². The van der Waals surface area contributed by atoms with Crippen LogP contribution in [0.4, 0.5) is 0 Å². The van der Waals surface area contributed by atoms with Crippen LogP contribution in [-0.4, -0.2) is 24.2 Å². The highest BCUT2D eigenvalue weighted by atomic mass is 15.1. The Kier molecular flexibility index (Phi) is 8.43. The van der Waals surface area contributed by atoms with Gasteiger partial charge in [0.1, 0.15) is 0 Å². The summed E-state index contributed by atoms with van der Waals surface area (Å²) in [4.78, 5) is 6.85. The van der Waals surface area contributed by atoms with Gasteiger partial charge in [-0.25, -0.2) is 0 Å². The maximum Gasteiger partial charge on any atom is 0.0614 e. The molecule has 0 saturated carbocycles. The predicted octanol–water partition coefficient (Wildman–Crippen LogP) is 4.96. The number of nitrogens with zero attached hydrogens (tertiary/aromatic N) is 2. The van der Waals surface area contributed by atoms with E-state index >= 15 is 0 Å². The number of rotatable bonds is 9. The maximum atomic E-state index is 6.22. The van der Waals surface area contributed by atoms with Crippen molar-refractivity contribution in [2.45, 2.75) is 66.7 Å². The SMILES string of the molecule is CCC1=CC(=N/C=C(\N)CC(C)C(CC)CCC(C)C)CN1C. The first-order valence-corrected chi connectivity index (χ1v) is 9.30. The summed E-state index contributed by atoms with van der Waals surface area (Å²) < 4.78 is 0. The molecule has 0 amide bonds. The van der Waals surface area contributed by atoms with Gasteiger partial charge in [0.25, 0.3) is 0 Å². The fourth-order valence-electron chi connectivity index (χ4n) is 3.34. The van der Waals surface area contributed by atoms with Gasteiger partial charge in [0.05, 0.1) is 12.3 Å². The Morgan fingerprint density at radius 2 is 2.00 bits per heavy atom. The average Bonchev–Trinajstić information content (AvgIpc) is 2.85. The number of nitrogens with two attached hydrogens (primary N) is 1. The van der Waals surface area contributed by atoms with E-state index in [1.165, 1.54) is 25.0 Å². The molecule has 0 bridgehead atoms. The second-order valence-corrected chi connectivity index (χ2v) is 7.49. The van der Waals surface area contributed by atoms with Crippen LogP contribution < -0.4 is 5.73 Å². The molecule has 3 nitrogen and oxygen atoms in total. The van der Waals surface area contributed by atoms with E-state index in [2.05, 4.69) is 57.6 Å². The molecule has 0 aromatic rings. The van der Waals surface area contributed by atoms with E-state index in [1.807, 2.05) is 6.20 Å². The van der Waals surface area contributed by atoms with Crippen molar-refractivity contribution in [3.63, 3.8) is 0 Å². The average molecular weight is 320 g/mol. The zero-order chi connectivity index (χ0) is 17.4. The third kappa shape index (κ3) is 6.80. The van der Waals surface area contributed by atoms with Gasteiger partial charge in [-0.1, -0.05) is 47.5 Å². The lowest BCUT2D eigenvalue weighted by molar-refractivity contribution is 0.301. The highest BCUT2D eigenvalue weighted by molar-refractivity contribution is 5.99. The van der Waals surface area contributed by atoms with E-state index < -0.39 is 0 Å². The molecule has 1 aliphatic rings. The van der Waals surface area contributed by atoms with E-state index in [1.54, 1.807) is 0 Å². The van der Waals surface area contributed by atoms with Crippen molar-refractivity contribution in [3.8, 4) is 0 Å². The molecule has 0 spiro atoms. The van der Waals surface area contributed by atoms with E-state index in [9.17, 15) is 0 Å². The maximum absolute atomic E-state index is 6.22. The third-order valence-corrected chi connectivity index (χ3v) is 4.98. The molecule has 0 aromatic heterocycles. The van der Waals surface area contributed by atoms with Gasteiger partial charge in [0.15, 0.2) is 0 Å². The molecular weight excluding hydrogens is 282 g/mol. The normalized spacial score (nSPS) is 20.3. The predicted molar refractivity (Wildman–Crippen MR) is 102 cm³/mol. The minimum absolute atomic E-state index is 0.628. The molecule has 1 rings (SSSR count). The third-order valence-electron chi connectivity index (χ3n) is 4.98. The summed E-state index contributed by atoms with van der Waals surface area (Å²) in [5.41, 5.74) is 9.60. The molecule has 2 unspecified atom stereocenters. The molecule has 1 heterocycles. The number of hydrogen-bond acceptors (Lipinski definition) is 3. The summed E-state index contributed by atoms with van der Waals surface area (Å²) in [7, 11) is 2.12. The zero-order valence-corrected chi connectivity index (χ0v) is 16.1. The molecule has 23 heavy (non-hydrogen) atoms. The van der Waals surface area contributed by atoms with E-state index in [0.29, 0.717) is 5.92 Å². The molecular formula is C20H37N3. The summed E-state index contributed by atoms with van der Waals surface area (Å²) >= 11 is 0. The van der Waals surface area contributed by atoms with Crippen molar-refractivity contribution in [2.24, 2.45) is 28.5 Å². The van der Waals surface area contributed by atoms with Crippen molar-refractivity contribution in [1.82, 2.24) is 4.90 Å². The Morgan fingerprint density at radius 3 is 2.52 bits per heavy atom. The molecule has 0 aromatic carbocycles. The van der Waals surface area contributed by atoms with E-state index in [4.69, 9.17) is 5.73 Å². The van der Waals surface area contributed by atoms with Gasteiger partial charge in [-0.15, -0.1) is 0 Å². The van der Waals surface area contributed by atoms with E-state index in [-0.39, 0.29) is 0 Å². The highest BCUT2D eigenvalue weighted by Crippen LogP contribution is 2.27. The van der Waals surface area contributed by atoms with Crippen molar-refractivity contribution in [3.05, 3.63) is 23.7 Å². The Morgan fingerprint density at radius 1 is 1.30 bits per heavy atom. The lowest BCUT2D eigenvalue weighted by Crippen LogP contribution is -2.16. The van der Waals surface area contributed by atoms with Crippen LogP contribution in [0.5, 0.6) is 0 Å².